The molecule has 1 N–H and O–H groups in total. The second-order valence-electron chi connectivity index (χ2n) is 9.93. The van der Waals surface area contributed by atoms with Crippen LogP contribution in [0, 0.1) is 0 Å². The minimum atomic E-state index is -0.847. The zero-order valence-electron chi connectivity index (χ0n) is 24.9. The first kappa shape index (κ1) is 31.6. The van der Waals surface area contributed by atoms with Gasteiger partial charge < -0.3 is 29.5 Å². The van der Waals surface area contributed by atoms with Gasteiger partial charge in [-0.25, -0.2) is 14.6 Å². The van der Waals surface area contributed by atoms with E-state index in [2.05, 4.69) is 10.3 Å². The van der Waals surface area contributed by atoms with Gasteiger partial charge in [-0.05, 0) is 76.9 Å². The molecule has 4 rings (SSSR count). The fourth-order valence-corrected chi connectivity index (χ4v) is 4.86. The lowest BCUT2D eigenvalue weighted by Gasteiger charge is -2.27. The summed E-state index contributed by atoms with van der Waals surface area (Å²) in [6.45, 7) is 10.5. The lowest BCUT2D eigenvalue weighted by Crippen LogP contribution is -2.35. The van der Waals surface area contributed by atoms with Crippen molar-refractivity contribution in [2.45, 2.75) is 46.6 Å². The van der Waals surface area contributed by atoms with E-state index in [1.54, 1.807) is 66.6 Å². The van der Waals surface area contributed by atoms with Crippen LogP contribution in [0.25, 0.3) is 0 Å². The average molecular weight is 609 g/mol. The van der Waals surface area contributed by atoms with Crippen LogP contribution < -0.4 is 24.6 Å². The van der Waals surface area contributed by atoms with E-state index in [1.165, 1.54) is 4.90 Å². The fraction of sp³-hybridized carbons (Fsp3) is 0.387. The van der Waals surface area contributed by atoms with Gasteiger partial charge in [-0.3, -0.25) is 4.79 Å². The molecule has 1 atom stereocenters. The lowest BCUT2D eigenvalue weighted by atomic mass is 10.2. The number of nitrogens with one attached hydrogen (secondary N) is 1. The van der Waals surface area contributed by atoms with Crippen LogP contribution in [-0.2, 0) is 4.79 Å². The van der Waals surface area contributed by atoms with Crippen LogP contribution in [0.5, 0.6) is 11.5 Å². The maximum absolute atomic E-state index is 13.5. The number of amides is 2. The number of ether oxygens (including phenoxy) is 2. The fourth-order valence-electron chi connectivity index (χ4n) is 4.64. The normalized spacial score (nSPS) is 13.3. The van der Waals surface area contributed by atoms with Gasteiger partial charge in [0.25, 0.3) is 5.91 Å². The Morgan fingerprint density at radius 2 is 1.58 bits per heavy atom. The Morgan fingerprint density at radius 1 is 0.953 bits per heavy atom. The van der Waals surface area contributed by atoms with Gasteiger partial charge in [0.15, 0.2) is 5.82 Å². The highest BCUT2D eigenvalue weighted by molar-refractivity contribution is 6.34. The number of nitrogens with zero attached hydrogens (tertiary/aromatic N) is 5. The van der Waals surface area contributed by atoms with Gasteiger partial charge in [0.2, 0.25) is 5.95 Å². The molecule has 0 bridgehead atoms. The van der Waals surface area contributed by atoms with Crippen LogP contribution in [0.4, 0.5) is 22.2 Å². The summed E-state index contributed by atoms with van der Waals surface area (Å²) in [7, 11) is 0. The SMILES string of the molecule is CCN(CC)c1ncc(N(CC)C(=O)c2ccccc2Cl)c(N[C@@H](C)C(=O)Oc2ccc(OC(=O)N3CCCC3)cc2)n1. The molecule has 1 aromatic heterocycles. The van der Waals surface area contributed by atoms with Crippen molar-refractivity contribution in [3.8, 4) is 11.5 Å². The largest absolute Gasteiger partial charge is 0.425 e. The van der Waals surface area contributed by atoms with Crippen LogP contribution in [0.15, 0.2) is 54.7 Å². The van der Waals surface area contributed by atoms with Crippen LogP contribution in [0.3, 0.4) is 0 Å². The van der Waals surface area contributed by atoms with Crippen LogP contribution in [0.1, 0.15) is 50.9 Å². The molecule has 2 aromatic carbocycles. The smallest absolute Gasteiger partial charge is 0.415 e. The molecule has 1 aliphatic rings. The molecule has 3 aromatic rings. The minimum absolute atomic E-state index is 0.287. The molecule has 228 valence electrons. The van der Waals surface area contributed by atoms with Crippen molar-refractivity contribution in [2.24, 2.45) is 0 Å². The second-order valence-corrected chi connectivity index (χ2v) is 10.3. The molecular weight excluding hydrogens is 572 g/mol. The molecule has 0 unspecified atom stereocenters. The van der Waals surface area contributed by atoms with Crippen LogP contribution in [0.2, 0.25) is 5.02 Å². The summed E-state index contributed by atoms with van der Waals surface area (Å²) in [5.74, 6) is 0.507. The number of hydrogen-bond donors (Lipinski definition) is 1. The molecule has 0 radical (unpaired) electrons. The molecule has 1 aliphatic heterocycles. The Labute approximate surface area is 256 Å². The molecule has 0 saturated carbocycles. The first-order valence-corrected chi connectivity index (χ1v) is 14.9. The van der Waals surface area contributed by atoms with Crippen LogP contribution in [-0.4, -0.2) is 71.6 Å². The summed E-state index contributed by atoms with van der Waals surface area (Å²) in [6.07, 6.45) is 3.12. The number of hydrogen-bond acceptors (Lipinski definition) is 9. The van der Waals surface area contributed by atoms with E-state index in [-0.39, 0.29) is 17.7 Å². The number of halogens is 1. The molecule has 12 heteroatoms. The predicted octanol–water partition coefficient (Wildman–Crippen LogP) is 5.64. The number of rotatable bonds is 11. The number of carbonyl (C=O) groups excluding carboxylic acids is 3. The zero-order valence-corrected chi connectivity index (χ0v) is 25.6. The van der Waals surface area contributed by atoms with E-state index in [0.29, 0.717) is 66.5 Å². The minimum Gasteiger partial charge on any atom is -0.425 e. The van der Waals surface area contributed by atoms with Gasteiger partial charge in [0, 0.05) is 32.7 Å². The summed E-state index contributed by atoms with van der Waals surface area (Å²) in [4.78, 5) is 53.2. The molecular formula is C31H37ClN6O5. The van der Waals surface area contributed by atoms with Crippen molar-refractivity contribution >= 4 is 47.0 Å². The predicted molar refractivity (Wildman–Crippen MR) is 166 cm³/mol. The monoisotopic (exact) mass is 608 g/mol. The van der Waals surface area contributed by atoms with E-state index in [0.717, 1.165) is 12.8 Å². The Kier molecular flexibility index (Phi) is 10.8. The number of anilines is 3. The second kappa shape index (κ2) is 14.7. The highest BCUT2D eigenvalue weighted by atomic mass is 35.5. The first-order chi connectivity index (χ1) is 20.7. The molecule has 2 heterocycles. The Balaban J connectivity index is 1.52. The first-order valence-electron chi connectivity index (χ1n) is 14.5. The lowest BCUT2D eigenvalue weighted by molar-refractivity contribution is -0.134. The third kappa shape index (κ3) is 7.72. The number of carbonyl (C=O) groups is 3. The Morgan fingerprint density at radius 3 is 2.19 bits per heavy atom. The number of benzene rings is 2. The molecule has 0 aliphatic carbocycles. The van der Waals surface area contributed by atoms with Gasteiger partial charge in [0.05, 0.1) is 16.8 Å². The van der Waals surface area contributed by atoms with E-state index < -0.39 is 12.0 Å². The van der Waals surface area contributed by atoms with E-state index in [4.69, 9.17) is 26.1 Å². The highest BCUT2D eigenvalue weighted by Gasteiger charge is 2.26. The van der Waals surface area contributed by atoms with Gasteiger partial charge >= 0.3 is 12.1 Å². The number of aromatic nitrogens is 2. The zero-order chi connectivity index (χ0) is 30.9. The average Bonchev–Trinajstić information content (AvgIpc) is 3.56. The molecule has 0 spiro atoms. The van der Waals surface area contributed by atoms with Crippen molar-refractivity contribution in [1.82, 2.24) is 14.9 Å². The summed E-state index contributed by atoms with van der Waals surface area (Å²) >= 11 is 6.33. The van der Waals surface area contributed by atoms with E-state index >= 15 is 0 Å². The molecule has 1 saturated heterocycles. The van der Waals surface area contributed by atoms with Crippen molar-refractivity contribution in [2.75, 3.05) is 47.8 Å². The van der Waals surface area contributed by atoms with Crippen molar-refractivity contribution in [3.63, 3.8) is 0 Å². The van der Waals surface area contributed by atoms with Crippen molar-refractivity contribution < 1.29 is 23.9 Å². The number of esters is 1. The quantitative estimate of drug-likeness (QED) is 0.218. The summed E-state index contributed by atoms with van der Waals surface area (Å²) < 4.78 is 11.0. The standard InChI is InChI=1S/C31H37ClN6O5/c1-5-36(6-2)30-33-20-26(38(7-3)28(39)24-12-8-9-13-25(24)32)27(35-30)34-21(4)29(40)42-22-14-16-23(17-15-22)43-31(41)37-18-10-11-19-37/h8-9,12-17,20-21H,5-7,10-11,18-19H2,1-4H3,(H,33,34,35)/t21-/m0/s1. The van der Waals surface area contributed by atoms with Gasteiger partial charge in [-0.1, -0.05) is 23.7 Å². The maximum atomic E-state index is 13.5. The van der Waals surface area contributed by atoms with E-state index in [1.807, 2.05) is 25.7 Å². The number of likely N-dealkylation sites (tertiary alicyclic amines) is 1. The Bertz CT molecular complexity index is 1430. The van der Waals surface area contributed by atoms with Crippen molar-refractivity contribution in [1.29, 1.82) is 0 Å². The topological polar surface area (TPSA) is 117 Å². The van der Waals surface area contributed by atoms with Gasteiger partial charge in [0.1, 0.15) is 23.2 Å². The maximum Gasteiger partial charge on any atom is 0.415 e. The highest BCUT2D eigenvalue weighted by Crippen LogP contribution is 2.29. The van der Waals surface area contributed by atoms with Crippen LogP contribution >= 0.6 is 11.6 Å². The van der Waals surface area contributed by atoms with Gasteiger partial charge in [-0.15, -0.1) is 0 Å². The molecule has 11 nitrogen and oxygen atoms in total. The van der Waals surface area contributed by atoms with Crippen molar-refractivity contribution in [3.05, 3.63) is 65.3 Å². The molecule has 2 amide bonds. The molecule has 1 fully saturated rings. The molecule has 43 heavy (non-hydrogen) atoms. The summed E-state index contributed by atoms with van der Waals surface area (Å²) in [5.41, 5.74) is 0.735. The Hall–Kier alpha value is -4.38. The van der Waals surface area contributed by atoms with E-state index in [9.17, 15) is 14.4 Å². The summed E-state index contributed by atoms with van der Waals surface area (Å²) in [6, 6.07) is 12.2. The third-order valence-electron chi connectivity index (χ3n) is 7.08. The third-order valence-corrected chi connectivity index (χ3v) is 7.41. The summed E-state index contributed by atoms with van der Waals surface area (Å²) in [5, 5.41) is 3.45. The van der Waals surface area contributed by atoms with Gasteiger partial charge in [-0.2, -0.15) is 4.98 Å².